The van der Waals surface area contributed by atoms with Crippen LogP contribution in [0.5, 0.6) is 0 Å². The van der Waals surface area contributed by atoms with Crippen molar-refractivity contribution in [2.24, 2.45) is 5.73 Å². The van der Waals surface area contributed by atoms with Crippen molar-refractivity contribution in [2.75, 3.05) is 5.73 Å². The highest BCUT2D eigenvalue weighted by Gasteiger charge is 2.10. The predicted molar refractivity (Wildman–Crippen MR) is 166 cm³/mol. The first-order valence-electron chi connectivity index (χ1n) is 13.1. The van der Waals surface area contributed by atoms with Gasteiger partial charge in [-0.05, 0) is 85.6 Å². The molecule has 184 valence electrons. The monoisotopic (exact) mass is 490 g/mol. The number of nitrogen functional groups attached to an aromatic ring is 1. The Hall–Kier alpha value is -4.82. The number of hydrogen-bond acceptors (Lipinski definition) is 2. The zero-order chi connectivity index (χ0) is 25.9. The number of hydrogen-bond donors (Lipinski definition) is 2. The molecule has 0 atom stereocenters. The van der Waals surface area contributed by atoms with E-state index in [9.17, 15) is 0 Å². The van der Waals surface area contributed by atoms with Gasteiger partial charge >= 0.3 is 0 Å². The summed E-state index contributed by atoms with van der Waals surface area (Å²) in [5.74, 6) is 0. The third kappa shape index (κ3) is 4.65. The summed E-state index contributed by atoms with van der Waals surface area (Å²) < 4.78 is 0. The largest absolute Gasteiger partial charge is 0.398 e. The van der Waals surface area contributed by atoms with Crippen molar-refractivity contribution < 1.29 is 0 Å². The van der Waals surface area contributed by atoms with E-state index >= 15 is 0 Å². The molecule has 0 unspecified atom stereocenters. The molecule has 0 bridgehead atoms. The van der Waals surface area contributed by atoms with Crippen LogP contribution in [0.4, 0.5) is 5.69 Å². The lowest BCUT2D eigenvalue weighted by molar-refractivity contribution is 1.26. The van der Waals surface area contributed by atoms with Crippen LogP contribution in [0.1, 0.15) is 23.1 Å². The summed E-state index contributed by atoms with van der Waals surface area (Å²) >= 11 is 0. The van der Waals surface area contributed by atoms with Crippen LogP contribution in [-0.2, 0) is 6.42 Å². The molecule has 0 radical (unpaired) electrons. The summed E-state index contributed by atoms with van der Waals surface area (Å²) in [4.78, 5) is 0. The van der Waals surface area contributed by atoms with Crippen LogP contribution in [0.15, 0.2) is 133 Å². The number of anilines is 1. The van der Waals surface area contributed by atoms with Crippen LogP contribution in [0.3, 0.4) is 0 Å². The molecule has 1 aliphatic rings. The highest BCUT2D eigenvalue weighted by atomic mass is 14.6. The van der Waals surface area contributed by atoms with E-state index in [2.05, 4.69) is 103 Å². The van der Waals surface area contributed by atoms with E-state index in [-0.39, 0.29) is 0 Å². The molecule has 2 nitrogen and oxygen atoms in total. The minimum absolute atomic E-state index is 0.769. The van der Waals surface area contributed by atoms with Gasteiger partial charge < -0.3 is 11.5 Å². The highest BCUT2D eigenvalue weighted by molar-refractivity contribution is 6.21. The molecule has 0 aromatic heterocycles. The maximum Gasteiger partial charge on any atom is 0.0387 e. The number of allylic oxidation sites excluding steroid dienone is 8. The number of rotatable bonds is 5. The minimum atomic E-state index is 0.769. The van der Waals surface area contributed by atoms with Crippen molar-refractivity contribution in [2.45, 2.75) is 12.8 Å². The Balaban J connectivity index is 1.44. The first-order chi connectivity index (χ1) is 18.7. The normalized spacial score (nSPS) is 14.9. The zero-order valence-corrected chi connectivity index (χ0v) is 21.3. The van der Waals surface area contributed by atoms with Gasteiger partial charge in [-0.25, -0.2) is 0 Å². The van der Waals surface area contributed by atoms with E-state index in [1.807, 2.05) is 30.3 Å². The van der Waals surface area contributed by atoms with Gasteiger partial charge in [-0.2, -0.15) is 0 Å². The molecule has 0 saturated heterocycles. The molecular weight excluding hydrogens is 460 g/mol. The molecular formula is C36H30N2. The number of benzene rings is 5. The molecule has 0 spiro atoms. The average Bonchev–Trinajstić information content (AvgIpc) is 2.97. The Labute approximate surface area is 223 Å². The molecule has 6 rings (SSSR count). The Bertz CT molecular complexity index is 1830. The molecule has 5 aromatic carbocycles. The minimum Gasteiger partial charge on any atom is -0.398 e. The fraction of sp³-hybridized carbons (Fsp3) is 0.0556. The summed E-state index contributed by atoms with van der Waals surface area (Å²) in [5, 5.41) is 7.48. The van der Waals surface area contributed by atoms with E-state index in [1.165, 1.54) is 43.5 Å². The molecule has 38 heavy (non-hydrogen) atoms. The maximum atomic E-state index is 6.56. The van der Waals surface area contributed by atoms with Gasteiger partial charge in [0.05, 0.1) is 0 Å². The van der Waals surface area contributed by atoms with Gasteiger partial charge in [-0.3, -0.25) is 0 Å². The SMILES string of the molecule is N/C(=C\C=C1\C=CC=CC1)c1ccc2ccc3cc(C/C=C\c4ccccc4N)c4ccccc4c3c2c1. The van der Waals surface area contributed by atoms with Gasteiger partial charge in [0.1, 0.15) is 0 Å². The van der Waals surface area contributed by atoms with Crippen LogP contribution in [0.2, 0.25) is 0 Å². The zero-order valence-electron chi connectivity index (χ0n) is 21.3. The van der Waals surface area contributed by atoms with Gasteiger partial charge in [-0.15, -0.1) is 0 Å². The lowest BCUT2D eigenvalue weighted by Gasteiger charge is -2.13. The van der Waals surface area contributed by atoms with Crippen molar-refractivity contribution in [1.82, 2.24) is 0 Å². The molecule has 0 saturated carbocycles. The van der Waals surface area contributed by atoms with Gasteiger partial charge in [0.15, 0.2) is 0 Å². The van der Waals surface area contributed by atoms with E-state index in [0.717, 1.165) is 35.4 Å². The Morgan fingerprint density at radius 2 is 1.58 bits per heavy atom. The Morgan fingerprint density at radius 3 is 2.42 bits per heavy atom. The topological polar surface area (TPSA) is 52.0 Å². The third-order valence-electron chi connectivity index (χ3n) is 7.28. The number of para-hydroxylation sites is 1. The van der Waals surface area contributed by atoms with Crippen LogP contribution < -0.4 is 11.5 Å². The Morgan fingerprint density at radius 1 is 0.789 bits per heavy atom. The first kappa shape index (κ1) is 23.6. The molecule has 0 heterocycles. The highest BCUT2D eigenvalue weighted by Crippen LogP contribution is 2.35. The smallest absolute Gasteiger partial charge is 0.0387 e. The summed E-state index contributed by atoms with van der Waals surface area (Å²) in [6.45, 7) is 0. The van der Waals surface area contributed by atoms with E-state index < -0.39 is 0 Å². The lowest BCUT2D eigenvalue weighted by Crippen LogP contribution is -1.96. The van der Waals surface area contributed by atoms with Gasteiger partial charge in [0.2, 0.25) is 0 Å². The lowest BCUT2D eigenvalue weighted by atomic mass is 9.91. The van der Waals surface area contributed by atoms with Crippen LogP contribution in [-0.4, -0.2) is 0 Å². The maximum absolute atomic E-state index is 6.56. The van der Waals surface area contributed by atoms with Crippen LogP contribution >= 0.6 is 0 Å². The standard InChI is InChI=1S/C36H30N2/c37-34-16-7-4-11-27(34)12-8-13-28-23-30-21-19-26-18-20-29(35(38)22-17-25-9-2-1-3-10-25)24-33(26)36(30)32-15-6-5-14-31(28)32/h1-9,11-12,14-24H,10,13,37-38H2/b12-8-,25-17-,35-22-. The van der Waals surface area contributed by atoms with Crippen molar-refractivity contribution >= 4 is 49.8 Å². The molecule has 0 amide bonds. The van der Waals surface area contributed by atoms with Crippen molar-refractivity contribution in [1.29, 1.82) is 0 Å². The van der Waals surface area contributed by atoms with Gasteiger partial charge in [0.25, 0.3) is 0 Å². The van der Waals surface area contributed by atoms with E-state index in [4.69, 9.17) is 11.5 Å². The molecule has 0 fully saturated rings. The van der Waals surface area contributed by atoms with Crippen molar-refractivity contribution in [3.05, 3.63) is 150 Å². The summed E-state index contributed by atoms with van der Waals surface area (Å²) in [6, 6.07) is 30.0. The Kier molecular flexibility index (Phi) is 6.37. The molecule has 0 aliphatic heterocycles. The second kappa shape index (κ2) is 10.3. The number of nitrogens with two attached hydrogens (primary N) is 2. The van der Waals surface area contributed by atoms with Gasteiger partial charge in [-0.1, -0.05) is 115 Å². The quantitative estimate of drug-likeness (QED) is 0.191. The fourth-order valence-corrected chi connectivity index (χ4v) is 5.27. The van der Waals surface area contributed by atoms with Crippen molar-refractivity contribution in [3.63, 3.8) is 0 Å². The predicted octanol–water partition coefficient (Wildman–Crippen LogP) is 8.73. The van der Waals surface area contributed by atoms with Crippen LogP contribution in [0, 0.1) is 0 Å². The third-order valence-corrected chi connectivity index (χ3v) is 7.28. The second-order valence-electron chi connectivity index (χ2n) is 9.77. The van der Waals surface area contributed by atoms with Crippen molar-refractivity contribution in [3.8, 4) is 0 Å². The first-order valence-corrected chi connectivity index (χ1v) is 13.1. The van der Waals surface area contributed by atoms with Gasteiger partial charge in [0, 0.05) is 11.4 Å². The number of fused-ring (bicyclic) bond motifs is 5. The van der Waals surface area contributed by atoms with Crippen LogP contribution in [0.25, 0.3) is 44.1 Å². The summed E-state index contributed by atoms with van der Waals surface area (Å²) in [6.07, 6.45) is 18.6. The van der Waals surface area contributed by atoms with E-state index in [1.54, 1.807) is 0 Å². The summed E-state index contributed by atoms with van der Waals surface area (Å²) in [7, 11) is 0. The second-order valence-corrected chi connectivity index (χ2v) is 9.77. The fourth-order valence-electron chi connectivity index (χ4n) is 5.27. The van der Waals surface area contributed by atoms with E-state index in [0.29, 0.717) is 0 Å². The molecule has 5 aromatic rings. The average molecular weight is 491 g/mol. The summed E-state index contributed by atoms with van der Waals surface area (Å²) in [5.41, 5.74) is 18.9. The molecule has 4 N–H and O–H groups in total. The molecule has 1 aliphatic carbocycles. The molecule has 2 heteroatoms.